The lowest BCUT2D eigenvalue weighted by Gasteiger charge is -2.55. The Balaban J connectivity index is 1.82. The maximum atomic E-state index is 12.6. The molecular formula is C15H14F3N3O4. The van der Waals surface area contributed by atoms with Crippen molar-refractivity contribution in [1.82, 2.24) is 15.1 Å². The molecule has 0 aliphatic carbocycles. The Bertz CT molecular complexity index is 727. The number of piperazine rings is 1. The van der Waals surface area contributed by atoms with Crippen LogP contribution in [0.2, 0.25) is 0 Å². The second-order valence-electron chi connectivity index (χ2n) is 6.03. The van der Waals surface area contributed by atoms with Gasteiger partial charge in [-0.2, -0.15) is 13.2 Å². The van der Waals surface area contributed by atoms with E-state index in [2.05, 4.69) is 5.32 Å². The lowest BCUT2D eigenvalue weighted by Crippen LogP contribution is -2.80. The van der Waals surface area contributed by atoms with E-state index < -0.39 is 35.2 Å². The van der Waals surface area contributed by atoms with Crippen molar-refractivity contribution in [3.8, 4) is 0 Å². The minimum Gasteiger partial charge on any atom is -0.465 e. The highest BCUT2D eigenvalue weighted by Crippen LogP contribution is 2.33. The zero-order valence-electron chi connectivity index (χ0n) is 12.8. The molecular weight excluding hydrogens is 343 g/mol. The fourth-order valence-corrected chi connectivity index (χ4v) is 3.03. The van der Waals surface area contributed by atoms with Gasteiger partial charge in [-0.15, -0.1) is 0 Å². The Kier molecular flexibility index (Phi) is 3.85. The number of carbonyl (C=O) groups is 3. The van der Waals surface area contributed by atoms with Crippen LogP contribution < -0.4 is 5.32 Å². The highest BCUT2D eigenvalue weighted by atomic mass is 19.4. The normalized spacial score (nSPS) is 19.6. The van der Waals surface area contributed by atoms with Crippen LogP contribution in [0.1, 0.15) is 11.1 Å². The summed E-state index contributed by atoms with van der Waals surface area (Å²) in [5, 5.41) is 11.4. The van der Waals surface area contributed by atoms with Crippen molar-refractivity contribution in [2.24, 2.45) is 0 Å². The van der Waals surface area contributed by atoms with E-state index in [0.717, 1.165) is 17.0 Å². The highest BCUT2D eigenvalue weighted by Gasteiger charge is 2.58. The van der Waals surface area contributed by atoms with Gasteiger partial charge in [0, 0.05) is 6.54 Å². The molecule has 0 radical (unpaired) electrons. The molecule has 2 aliphatic heterocycles. The van der Waals surface area contributed by atoms with Gasteiger partial charge >= 0.3 is 12.3 Å². The number of nitrogens with zero attached hydrogens (tertiary/aromatic N) is 2. The summed E-state index contributed by atoms with van der Waals surface area (Å²) in [4.78, 5) is 37.7. The quantitative estimate of drug-likeness (QED) is 0.823. The van der Waals surface area contributed by atoms with Gasteiger partial charge in [-0.25, -0.2) is 4.79 Å². The SMILES string of the molecule is O=C(O)N1CC2(C1)C(=O)NCC(=O)N2Cc1ccc(C(F)(F)F)cc1. The van der Waals surface area contributed by atoms with Crippen LogP contribution in [-0.4, -0.2) is 58.0 Å². The van der Waals surface area contributed by atoms with E-state index in [0.29, 0.717) is 5.56 Å². The number of nitrogens with one attached hydrogen (secondary N) is 1. The summed E-state index contributed by atoms with van der Waals surface area (Å²) < 4.78 is 37.9. The highest BCUT2D eigenvalue weighted by molar-refractivity contribution is 6.00. The van der Waals surface area contributed by atoms with Crippen LogP contribution >= 0.6 is 0 Å². The van der Waals surface area contributed by atoms with E-state index in [1.54, 1.807) is 0 Å². The molecule has 0 unspecified atom stereocenters. The molecule has 1 spiro atoms. The van der Waals surface area contributed by atoms with Gasteiger partial charge < -0.3 is 20.2 Å². The first-order chi connectivity index (χ1) is 11.6. The van der Waals surface area contributed by atoms with Crippen molar-refractivity contribution in [3.63, 3.8) is 0 Å². The van der Waals surface area contributed by atoms with Crippen molar-refractivity contribution >= 4 is 17.9 Å². The monoisotopic (exact) mass is 357 g/mol. The van der Waals surface area contributed by atoms with Crippen molar-refractivity contribution in [2.75, 3.05) is 19.6 Å². The molecule has 2 N–H and O–H groups in total. The molecule has 1 aromatic rings. The van der Waals surface area contributed by atoms with E-state index in [4.69, 9.17) is 5.11 Å². The van der Waals surface area contributed by atoms with Gasteiger partial charge in [0.25, 0.3) is 0 Å². The summed E-state index contributed by atoms with van der Waals surface area (Å²) in [6.07, 6.45) is -5.66. The Labute approximate surface area is 140 Å². The number of benzene rings is 1. The molecule has 3 amide bonds. The molecule has 7 nitrogen and oxygen atoms in total. The molecule has 0 bridgehead atoms. The topological polar surface area (TPSA) is 90.0 Å². The van der Waals surface area contributed by atoms with Gasteiger partial charge in [0.1, 0.15) is 0 Å². The summed E-state index contributed by atoms with van der Waals surface area (Å²) in [6.45, 7) is -0.632. The first-order valence-corrected chi connectivity index (χ1v) is 7.36. The summed E-state index contributed by atoms with van der Waals surface area (Å²) in [5.74, 6) is -0.874. The van der Waals surface area contributed by atoms with Gasteiger partial charge in [0.15, 0.2) is 5.54 Å². The van der Waals surface area contributed by atoms with Crippen LogP contribution in [-0.2, 0) is 22.3 Å². The third-order valence-corrected chi connectivity index (χ3v) is 4.44. The van der Waals surface area contributed by atoms with E-state index in [1.807, 2.05) is 0 Å². The first-order valence-electron chi connectivity index (χ1n) is 7.36. The Hall–Kier alpha value is -2.78. The summed E-state index contributed by atoms with van der Waals surface area (Å²) in [7, 11) is 0. The lowest BCUT2D eigenvalue weighted by molar-refractivity contribution is -0.165. The zero-order chi connectivity index (χ0) is 18.4. The molecule has 0 aromatic heterocycles. The van der Waals surface area contributed by atoms with E-state index in [1.165, 1.54) is 17.0 Å². The maximum absolute atomic E-state index is 12.6. The predicted octanol–water partition coefficient (Wildman–Crippen LogP) is 0.896. The van der Waals surface area contributed by atoms with Crippen LogP contribution in [0, 0.1) is 0 Å². The molecule has 2 aliphatic rings. The molecule has 10 heteroatoms. The number of rotatable bonds is 2. The Morgan fingerprint density at radius 1 is 1.20 bits per heavy atom. The maximum Gasteiger partial charge on any atom is 0.416 e. The van der Waals surface area contributed by atoms with Gasteiger partial charge in [-0.05, 0) is 17.7 Å². The molecule has 134 valence electrons. The molecule has 0 saturated carbocycles. The summed E-state index contributed by atoms with van der Waals surface area (Å²) in [5.41, 5.74) is -1.70. The van der Waals surface area contributed by atoms with Crippen LogP contribution in [0.15, 0.2) is 24.3 Å². The van der Waals surface area contributed by atoms with Crippen molar-refractivity contribution in [2.45, 2.75) is 18.3 Å². The number of likely N-dealkylation sites (tertiary alicyclic amines) is 1. The third kappa shape index (κ3) is 2.87. The number of alkyl halides is 3. The first kappa shape index (κ1) is 17.1. The van der Waals surface area contributed by atoms with Crippen molar-refractivity contribution in [3.05, 3.63) is 35.4 Å². The number of carboxylic acid groups (broad SMARTS) is 1. The van der Waals surface area contributed by atoms with Crippen LogP contribution in [0.25, 0.3) is 0 Å². The molecule has 2 saturated heterocycles. The average molecular weight is 357 g/mol. The molecule has 2 fully saturated rings. The smallest absolute Gasteiger partial charge is 0.416 e. The molecule has 3 rings (SSSR count). The number of halogens is 3. The van der Waals surface area contributed by atoms with Crippen LogP contribution in [0.4, 0.5) is 18.0 Å². The number of carbonyl (C=O) groups excluding carboxylic acids is 2. The van der Waals surface area contributed by atoms with Gasteiger partial charge in [0.05, 0.1) is 25.2 Å². The van der Waals surface area contributed by atoms with Crippen molar-refractivity contribution < 1.29 is 32.7 Å². The van der Waals surface area contributed by atoms with E-state index >= 15 is 0 Å². The van der Waals surface area contributed by atoms with Crippen LogP contribution in [0.3, 0.4) is 0 Å². The minimum atomic E-state index is -4.46. The zero-order valence-corrected chi connectivity index (χ0v) is 12.8. The van der Waals surface area contributed by atoms with Gasteiger partial charge in [0.2, 0.25) is 11.8 Å². The summed E-state index contributed by atoms with van der Waals surface area (Å²) >= 11 is 0. The standard InChI is InChI=1S/C15H14F3N3O4/c16-15(17,18)10-3-1-9(2-4-10)6-21-11(22)5-19-12(23)14(21)7-20(8-14)13(24)25/h1-4H,5-8H2,(H,19,23)(H,24,25). The summed E-state index contributed by atoms with van der Waals surface area (Å²) in [6, 6.07) is 4.29. The second kappa shape index (κ2) is 5.64. The number of amides is 3. The second-order valence-corrected chi connectivity index (χ2v) is 6.03. The van der Waals surface area contributed by atoms with Gasteiger partial charge in [-0.1, -0.05) is 12.1 Å². The molecule has 2 heterocycles. The van der Waals surface area contributed by atoms with Gasteiger partial charge in [-0.3, -0.25) is 9.59 Å². The van der Waals surface area contributed by atoms with E-state index in [9.17, 15) is 27.6 Å². The van der Waals surface area contributed by atoms with E-state index in [-0.39, 0.29) is 26.2 Å². The largest absolute Gasteiger partial charge is 0.465 e. The molecule has 25 heavy (non-hydrogen) atoms. The minimum absolute atomic E-state index is 0.0716. The fourth-order valence-electron chi connectivity index (χ4n) is 3.03. The third-order valence-electron chi connectivity index (χ3n) is 4.44. The average Bonchev–Trinajstić information content (AvgIpc) is 2.48. The Morgan fingerprint density at radius 2 is 1.80 bits per heavy atom. The fraction of sp³-hybridized carbons (Fsp3) is 0.400. The predicted molar refractivity (Wildman–Crippen MR) is 77.3 cm³/mol. The molecule has 1 aromatic carbocycles. The van der Waals surface area contributed by atoms with Crippen molar-refractivity contribution in [1.29, 1.82) is 0 Å². The lowest BCUT2D eigenvalue weighted by atomic mass is 9.84. The number of hydrogen-bond donors (Lipinski definition) is 2. The van der Waals surface area contributed by atoms with Crippen LogP contribution in [0.5, 0.6) is 0 Å². The number of hydrogen-bond acceptors (Lipinski definition) is 3. The Morgan fingerprint density at radius 3 is 2.32 bits per heavy atom. The molecule has 0 atom stereocenters.